The summed E-state index contributed by atoms with van der Waals surface area (Å²) in [4.78, 5) is 5.09. The van der Waals surface area contributed by atoms with Crippen LogP contribution in [0.1, 0.15) is 69.8 Å². The molecule has 2 heterocycles. The zero-order chi connectivity index (χ0) is 18.7. The Kier molecular flexibility index (Phi) is 5.96. The molecule has 0 aromatic carbocycles. The molecule has 0 radical (unpaired) electrons. The molecule has 2 nitrogen and oxygen atoms in total. The van der Waals surface area contributed by atoms with E-state index in [1.54, 1.807) is 0 Å². The normalized spacial score (nSPS) is 19.3. The van der Waals surface area contributed by atoms with E-state index in [4.69, 9.17) is 17.6 Å². The summed E-state index contributed by atoms with van der Waals surface area (Å²) in [5.74, 6) is 0.820. The topological polar surface area (TPSA) is 17.8 Å². The molecular formula is C23H32N2S. The fourth-order valence-corrected chi connectivity index (χ4v) is 4.22. The highest BCUT2D eigenvalue weighted by molar-refractivity contribution is 7.82. The zero-order valence-corrected chi connectivity index (χ0v) is 17.5. The molecule has 0 fully saturated rings. The van der Waals surface area contributed by atoms with Crippen molar-refractivity contribution in [1.29, 1.82) is 0 Å². The van der Waals surface area contributed by atoms with Crippen molar-refractivity contribution >= 4 is 35.6 Å². The van der Waals surface area contributed by atoms with E-state index in [1.807, 2.05) is 0 Å². The predicted molar refractivity (Wildman–Crippen MR) is 118 cm³/mol. The average Bonchev–Trinajstić information content (AvgIpc) is 2.91. The van der Waals surface area contributed by atoms with Crippen LogP contribution >= 0.6 is 12.6 Å². The highest BCUT2D eigenvalue weighted by Gasteiger charge is 2.19. The van der Waals surface area contributed by atoms with E-state index in [9.17, 15) is 0 Å². The van der Waals surface area contributed by atoms with Gasteiger partial charge >= 0.3 is 0 Å². The Morgan fingerprint density at radius 1 is 1.04 bits per heavy atom. The first-order valence-electron chi connectivity index (χ1n) is 10.0. The van der Waals surface area contributed by atoms with Gasteiger partial charge in [0, 0.05) is 40.5 Å². The third-order valence-corrected chi connectivity index (χ3v) is 5.74. The smallest absolute Gasteiger partial charge is 0.0709 e. The standard InChI is InChI=1S/C23H32N2S/c1-5-7-17(8-6-2)9-10-21-20-16-25(4)15-19(20)18-11-13-23(3,26)14-12-22(18)24-21/h11-17,26H,5-10H2,1-4H3. The summed E-state index contributed by atoms with van der Waals surface area (Å²) in [6.07, 6.45) is 20.6. The zero-order valence-electron chi connectivity index (χ0n) is 16.6. The molecule has 2 aromatic rings. The third-order valence-electron chi connectivity index (χ3n) is 5.44. The van der Waals surface area contributed by atoms with Gasteiger partial charge in [0.05, 0.1) is 11.4 Å². The minimum atomic E-state index is -0.227. The van der Waals surface area contributed by atoms with E-state index in [0.29, 0.717) is 0 Å². The minimum Gasteiger partial charge on any atom is -0.356 e. The summed E-state index contributed by atoms with van der Waals surface area (Å²) in [5, 5.41) is 2.61. The fraction of sp³-hybridized carbons (Fsp3) is 0.522. The van der Waals surface area contributed by atoms with Gasteiger partial charge in [-0.15, -0.1) is 0 Å². The van der Waals surface area contributed by atoms with Gasteiger partial charge in [-0.05, 0) is 31.8 Å². The van der Waals surface area contributed by atoms with Crippen molar-refractivity contribution in [2.24, 2.45) is 13.0 Å². The molecule has 0 saturated heterocycles. The van der Waals surface area contributed by atoms with Crippen LogP contribution in [0.3, 0.4) is 0 Å². The van der Waals surface area contributed by atoms with Crippen LogP contribution in [0.25, 0.3) is 22.9 Å². The highest BCUT2D eigenvalue weighted by atomic mass is 32.1. The van der Waals surface area contributed by atoms with Gasteiger partial charge in [0.15, 0.2) is 0 Å². The molecule has 1 aliphatic carbocycles. The van der Waals surface area contributed by atoms with Gasteiger partial charge in [-0.25, -0.2) is 0 Å². The molecule has 3 heteroatoms. The van der Waals surface area contributed by atoms with Crippen molar-refractivity contribution in [3.63, 3.8) is 0 Å². The van der Waals surface area contributed by atoms with E-state index in [2.05, 4.69) is 69.1 Å². The summed E-state index contributed by atoms with van der Waals surface area (Å²) >= 11 is 4.72. The Labute approximate surface area is 163 Å². The summed E-state index contributed by atoms with van der Waals surface area (Å²) in [6.45, 7) is 6.70. The van der Waals surface area contributed by atoms with Crippen molar-refractivity contribution < 1.29 is 0 Å². The molecule has 26 heavy (non-hydrogen) atoms. The first-order valence-corrected chi connectivity index (χ1v) is 10.5. The summed E-state index contributed by atoms with van der Waals surface area (Å²) in [7, 11) is 2.10. The molecule has 0 aliphatic heterocycles. The van der Waals surface area contributed by atoms with Crippen LogP contribution in [0, 0.1) is 5.92 Å². The van der Waals surface area contributed by atoms with Gasteiger partial charge in [0.2, 0.25) is 0 Å². The molecule has 140 valence electrons. The van der Waals surface area contributed by atoms with E-state index < -0.39 is 0 Å². The number of aryl methyl sites for hydroxylation is 2. The number of rotatable bonds is 7. The second-order valence-electron chi connectivity index (χ2n) is 7.98. The van der Waals surface area contributed by atoms with Crippen molar-refractivity contribution in [1.82, 2.24) is 9.55 Å². The SMILES string of the molecule is CCCC(CCC)CCc1nc2c(c3cn(C)cc13)C=CC(C)(S)C=C2. The lowest BCUT2D eigenvalue weighted by Gasteiger charge is -2.16. The first kappa shape index (κ1) is 19.3. The van der Waals surface area contributed by atoms with Gasteiger partial charge in [0.1, 0.15) is 0 Å². The number of thiol groups is 1. The fourth-order valence-electron chi connectivity index (χ4n) is 4.07. The first-order chi connectivity index (χ1) is 12.4. The molecule has 1 atom stereocenters. The Morgan fingerprint density at radius 3 is 2.38 bits per heavy atom. The lowest BCUT2D eigenvalue weighted by molar-refractivity contribution is 0.410. The lowest BCUT2D eigenvalue weighted by atomic mass is 9.91. The molecule has 0 amide bonds. The average molecular weight is 369 g/mol. The Hall–Kier alpha value is -1.48. The molecule has 1 unspecified atom stereocenters. The van der Waals surface area contributed by atoms with Crippen LogP contribution in [-0.4, -0.2) is 14.3 Å². The van der Waals surface area contributed by atoms with Crippen LogP contribution in [0.15, 0.2) is 24.5 Å². The van der Waals surface area contributed by atoms with Crippen molar-refractivity contribution in [2.75, 3.05) is 0 Å². The van der Waals surface area contributed by atoms with Crippen LogP contribution in [0.2, 0.25) is 0 Å². The quantitative estimate of drug-likeness (QED) is 0.556. The van der Waals surface area contributed by atoms with Crippen molar-refractivity contribution in [3.8, 4) is 0 Å². The van der Waals surface area contributed by atoms with Gasteiger partial charge in [-0.3, -0.25) is 4.98 Å². The minimum absolute atomic E-state index is 0.227. The number of fused-ring (bicyclic) bond motifs is 3. The molecule has 0 N–H and O–H groups in total. The number of hydrogen-bond donors (Lipinski definition) is 1. The molecule has 0 bridgehead atoms. The molecule has 3 rings (SSSR count). The van der Waals surface area contributed by atoms with Crippen molar-refractivity contribution in [3.05, 3.63) is 41.5 Å². The summed E-state index contributed by atoms with van der Waals surface area (Å²) < 4.78 is 1.93. The van der Waals surface area contributed by atoms with E-state index in [0.717, 1.165) is 18.0 Å². The molecule has 2 aromatic heterocycles. The van der Waals surface area contributed by atoms with Gasteiger partial charge in [-0.2, -0.15) is 12.6 Å². The summed E-state index contributed by atoms with van der Waals surface area (Å²) in [6, 6.07) is 0. The van der Waals surface area contributed by atoms with E-state index in [-0.39, 0.29) is 4.75 Å². The monoisotopic (exact) mass is 368 g/mol. The number of hydrogen-bond acceptors (Lipinski definition) is 2. The number of nitrogens with zero attached hydrogens (tertiary/aromatic N) is 2. The molecule has 0 saturated carbocycles. The van der Waals surface area contributed by atoms with Gasteiger partial charge in [-0.1, -0.05) is 57.8 Å². The second-order valence-corrected chi connectivity index (χ2v) is 8.95. The number of aromatic nitrogens is 2. The van der Waals surface area contributed by atoms with Gasteiger partial charge < -0.3 is 4.57 Å². The molecule has 0 spiro atoms. The summed E-state index contributed by atoms with van der Waals surface area (Å²) in [5.41, 5.74) is 3.55. The second kappa shape index (κ2) is 8.04. The largest absolute Gasteiger partial charge is 0.356 e. The maximum absolute atomic E-state index is 5.09. The van der Waals surface area contributed by atoms with Crippen molar-refractivity contribution in [2.45, 2.75) is 64.0 Å². The van der Waals surface area contributed by atoms with Crippen LogP contribution in [0.4, 0.5) is 0 Å². The Balaban J connectivity index is 1.98. The van der Waals surface area contributed by atoms with Crippen LogP contribution in [-0.2, 0) is 13.5 Å². The maximum Gasteiger partial charge on any atom is 0.0709 e. The Bertz CT molecular complexity index is 820. The van der Waals surface area contributed by atoms with Gasteiger partial charge in [0.25, 0.3) is 0 Å². The van der Waals surface area contributed by atoms with Crippen LogP contribution < -0.4 is 0 Å². The number of pyridine rings is 1. The lowest BCUT2D eigenvalue weighted by Crippen LogP contribution is -2.05. The highest BCUT2D eigenvalue weighted by Crippen LogP contribution is 2.33. The molecule has 1 aliphatic rings. The molecular weight excluding hydrogens is 336 g/mol. The van der Waals surface area contributed by atoms with Crippen LogP contribution in [0.5, 0.6) is 0 Å². The van der Waals surface area contributed by atoms with E-state index >= 15 is 0 Å². The van der Waals surface area contributed by atoms with E-state index in [1.165, 1.54) is 54.1 Å². The maximum atomic E-state index is 5.09. The Morgan fingerprint density at radius 2 is 1.69 bits per heavy atom. The predicted octanol–water partition coefficient (Wildman–Crippen LogP) is 6.45. The third kappa shape index (κ3) is 4.25.